The summed E-state index contributed by atoms with van der Waals surface area (Å²) in [7, 11) is 3.18. The topological polar surface area (TPSA) is 90.9 Å². The van der Waals surface area contributed by atoms with E-state index in [1.807, 2.05) is 36.4 Å². The molecule has 28 heavy (non-hydrogen) atoms. The molecule has 2 N–H and O–H groups in total. The maximum Gasteiger partial charge on any atom is 0.205 e. The third kappa shape index (κ3) is 2.89. The first-order valence-corrected chi connectivity index (χ1v) is 8.61. The third-order valence-electron chi connectivity index (χ3n) is 4.72. The fraction of sp³-hybridized carbons (Fsp3) is 0.0909. The Bertz CT molecular complexity index is 1270. The standard InChI is InChI=1S/C22H17N3O3/c1-27-15-4-6-20-18(8-15)14(11-24-20)7-13(10-23)22(26)19-12-25-21-9-16(28-2)3-5-17(19)21/h3-9,11-12,24-25H,1-2H3/b13-7+. The van der Waals surface area contributed by atoms with Crippen molar-refractivity contribution in [1.82, 2.24) is 9.97 Å². The summed E-state index contributed by atoms with van der Waals surface area (Å²) < 4.78 is 10.5. The largest absolute Gasteiger partial charge is 0.497 e. The van der Waals surface area contributed by atoms with Crippen molar-refractivity contribution >= 4 is 33.7 Å². The van der Waals surface area contributed by atoms with Gasteiger partial charge in [0.05, 0.1) is 14.2 Å². The number of H-pyrrole nitrogens is 2. The van der Waals surface area contributed by atoms with Gasteiger partial charge in [0.1, 0.15) is 23.1 Å². The van der Waals surface area contributed by atoms with Crippen LogP contribution in [0, 0.1) is 11.3 Å². The van der Waals surface area contributed by atoms with Crippen LogP contribution in [-0.4, -0.2) is 30.0 Å². The van der Waals surface area contributed by atoms with Crippen LogP contribution in [0.15, 0.2) is 54.4 Å². The highest BCUT2D eigenvalue weighted by molar-refractivity contribution is 6.20. The number of nitrogens with one attached hydrogen (secondary N) is 2. The van der Waals surface area contributed by atoms with Gasteiger partial charge in [-0.05, 0) is 36.4 Å². The Morgan fingerprint density at radius 3 is 2.43 bits per heavy atom. The zero-order chi connectivity index (χ0) is 19.7. The molecule has 6 nitrogen and oxygen atoms in total. The number of allylic oxidation sites excluding steroid dienone is 1. The van der Waals surface area contributed by atoms with Crippen LogP contribution in [0.25, 0.3) is 27.9 Å². The summed E-state index contributed by atoms with van der Waals surface area (Å²) in [6, 6.07) is 13.1. The van der Waals surface area contributed by atoms with E-state index in [0.717, 1.165) is 27.4 Å². The molecule has 4 rings (SSSR count). The number of hydrogen-bond donors (Lipinski definition) is 2. The molecule has 0 radical (unpaired) electrons. The fourth-order valence-corrected chi connectivity index (χ4v) is 3.24. The molecule has 0 atom stereocenters. The molecule has 0 saturated heterocycles. The second-order valence-corrected chi connectivity index (χ2v) is 6.27. The summed E-state index contributed by atoms with van der Waals surface area (Å²) >= 11 is 0. The summed E-state index contributed by atoms with van der Waals surface area (Å²) in [5.41, 5.74) is 2.93. The highest BCUT2D eigenvalue weighted by Crippen LogP contribution is 2.28. The number of methoxy groups -OCH3 is 2. The molecule has 0 unspecified atom stereocenters. The molecule has 0 amide bonds. The zero-order valence-corrected chi connectivity index (χ0v) is 15.4. The predicted octanol–water partition coefficient (Wildman–Crippen LogP) is 4.46. The summed E-state index contributed by atoms with van der Waals surface area (Å²) in [6.07, 6.45) is 4.99. The normalized spacial score (nSPS) is 11.5. The summed E-state index contributed by atoms with van der Waals surface area (Å²) in [6.45, 7) is 0. The average molecular weight is 371 g/mol. The van der Waals surface area contributed by atoms with Crippen molar-refractivity contribution < 1.29 is 14.3 Å². The maximum atomic E-state index is 13.0. The fourth-order valence-electron chi connectivity index (χ4n) is 3.24. The Morgan fingerprint density at radius 1 is 0.964 bits per heavy atom. The first-order chi connectivity index (χ1) is 13.6. The van der Waals surface area contributed by atoms with Gasteiger partial charge in [-0.3, -0.25) is 4.79 Å². The molecule has 0 saturated carbocycles. The van der Waals surface area contributed by atoms with Gasteiger partial charge in [-0.15, -0.1) is 0 Å². The maximum absolute atomic E-state index is 13.0. The van der Waals surface area contributed by atoms with Gasteiger partial charge in [0, 0.05) is 51.4 Å². The number of hydrogen-bond acceptors (Lipinski definition) is 4. The molecule has 2 heterocycles. The molecule has 2 aromatic heterocycles. The molecule has 0 aliphatic rings. The Kier molecular flexibility index (Phi) is 4.34. The van der Waals surface area contributed by atoms with Crippen molar-refractivity contribution in [3.63, 3.8) is 0 Å². The lowest BCUT2D eigenvalue weighted by molar-refractivity contribution is 0.104. The van der Waals surface area contributed by atoms with Crippen LogP contribution in [0.5, 0.6) is 11.5 Å². The van der Waals surface area contributed by atoms with Crippen LogP contribution in [0.2, 0.25) is 0 Å². The molecule has 2 aromatic carbocycles. The summed E-state index contributed by atoms with van der Waals surface area (Å²) in [4.78, 5) is 19.2. The molecule has 0 fully saturated rings. The lowest BCUT2D eigenvalue weighted by Gasteiger charge is -2.01. The van der Waals surface area contributed by atoms with Gasteiger partial charge in [0.25, 0.3) is 0 Å². The minimum atomic E-state index is -0.337. The number of benzene rings is 2. The number of nitriles is 1. The number of rotatable bonds is 5. The van der Waals surface area contributed by atoms with Crippen molar-refractivity contribution in [2.75, 3.05) is 14.2 Å². The number of ether oxygens (including phenoxy) is 2. The Balaban J connectivity index is 1.77. The number of aromatic nitrogens is 2. The molecule has 0 aliphatic heterocycles. The number of ketones is 1. The van der Waals surface area contributed by atoms with Crippen molar-refractivity contribution in [2.24, 2.45) is 0 Å². The Morgan fingerprint density at radius 2 is 1.68 bits per heavy atom. The van der Waals surface area contributed by atoms with Crippen LogP contribution in [0.3, 0.4) is 0 Å². The Hall–Kier alpha value is -3.98. The number of nitrogens with zero attached hydrogens (tertiary/aromatic N) is 1. The highest BCUT2D eigenvalue weighted by atomic mass is 16.5. The molecule has 138 valence electrons. The zero-order valence-electron chi connectivity index (χ0n) is 15.4. The number of aromatic amines is 2. The quantitative estimate of drug-likeness (QED) is 0.308. The number of carbonyl (C=O) groups excluding carboxylic acids is 1. The van der Waals surface area contributed by atoms with Crippen molar-refractivity contribution in [1.29, 1.82) is 5.26 Å². The van der Waals surface area contributed by atoms with Crippen molar-refractivity contribution in [3.05, 3.63) is 65.5 Å². The first-order valence-electron chi connectivity index (χ1n) is 8.61. The molecule has 6 heteroatoms. The van der Waals surface area contributed by atoms with Gasteiger partial charge in [-0.1, -0.05) is 0 Å². The van der Waals surface area contributed by atoms with E-state index in [1.54, 1.807) is 38.8 Å². The van der Waals surface area contributed by atoms with E-state index >= 15 is 0 Å². The predicted molar refractivity (Wildman–Crippen MR) is 108 cm³/mol. The Labute approximate surface area is 161 Å². The number of fused-ring (bicyclic) bond motifs is 2. The van der Waals surface area contributed by atoms with Crippen LogP contribution >= 0.6 is 0 Å². The molecular formula is C22H17N3O3. The monoisotopic (exact) mass is 371 g/mol. The van der Waals surface area contributed by atoms with Gasteiger partial charge in [0.15, 0.2) is 0 Å². The first kappa shape index (κ1) is 17.4. The lowest BCUT2D eigenvalue weighted by Crippen LogP contribution is -2.01. The summed E-state index contributed by atoms with van der Waals surface area (Å²) in [5.74, 6) is 1.06. The van der Waals surface area contributed by atoms with Crippen LogP contribution < -0.4 is 9.47 Å². The minimum absolute atomic E-state index is 0.0560. The molecule has 0 bridgehead atoms. The number of Topliss-reactive ketones (excluding diaryl/α,β-unsaturated/α-hetero) is 1. The van der Waals surface area contributed by atoms with Gasteiger partial charge in [-0.2, -0.15) is 5.26 Å². The van der Waals surface area contributed by atoms with E-state index < -0.39 is 0 Å². The molecule has 4 aromatic rings. The SMILES string of the molecule is COc1ccc2c(C(=O)/C(C#N)=C/c3c[nH]c4ccc(OC)cc34)c[nH]c2c1. The van der Waals surface area contributed by atoms with E-state index in [9.17, 15) is 10.1 Å². The van der Waals surface area contributed by atoms with E-state index in [2.05, 4.69) is 9.97 Å². The van der Waals surface area contributed by atoms with Crippen molar-refractivity contribution in [3.8, 4) is 17.6 Å². The lowest BCUT2D eigenvalue weighted by atomic mass is 10.0. The van der Waals surface area contributed by atoms with Gasteiger partial charge >= 0.3 is 0 Å². The second-order valence-electron chi connectivity index (χ2n) is 6.27. The minimum Gasteiger partial charge on any atom is -0.497 e. The average Bonchev–Trinajstić information content (AvgIpc) is 3.34. The van der Waals surface area contributed by atoms with E-state index in [0.29, 0.717) is 17.1 Å². The number of carbonyl (C=O) groups is 1. The summed E-state index contributed by atoms with van der Waals surface area (Å²) in [5, 5.41) is 11.2. The third-order valence-corrected chi connectivity index (χ3v) is 4.72. The smallest absolute Gasteiger partial charge is 0.205 e. The molecular weight excluding hydrogens is 354 g/mol. The van der Waals surface area contributed by atoms with Crippen molar-refractivity contribution in [2.45, 2.75) is 0 Å². The van der Waals surface area contributed by atoms with E-state index in [-0.39, 0.29) is 11.4 Å². The van der Waals surface area contributed by atoms with Crippen LogP contribution in [0.1, 0.15) is 15.9 Å². The van der Waals surface area contributed by atoms with E-state index in [4.69, 9.17) is 9.47 Å². The van der Waals surface area contributed by atoms with Crippen LogP contribution in [-0.2, 0) is 0 Å². The molecule has 0 aliphatic carbocycles. The van der Waals surface area contributed by atoms with Gasteiger partial charge < -0.3 is 19.4 Å². The highest BCUT2D eigenvalue weighted by Gasteiger charge is 2.18. The molecule has 0 spiro atoms. The van der Waals surface area contributed by atoms with Gasteiger partial charge in [-0.25, -0.2) is 0 Å². The van der Waals surface area contributed by atoms with Gasteiger partial charge in [0.2, 0.25) is 5.78 Å². The van der Waals surface area contributed by atoms with E-state index in [1.165, 1.54) is 0 Å². The second kappa shape index (κ2) is 6.97. The van der Waals surface area contributed by atoms with Crippen LogP contribution in [0.4, 0.5) is 0 Å².